The number of hydrogen-bond acceptors (Lipinski definition) is 7. The number of carbonyl (C=O) groups is 4. The van der Waals surface area contributed by atoms with Crippen LogP contribution in [0.2, 0.25) is 0 Å². The lowest BCUT2D eigenvalue weighted by Crippen LogP contribution is -2.57. The maximum Gasteiger partial charge on any atom is 0.322 e. The number of hydrogen-bond donors (Lipinski definition) is 8. The summed E-state index contributed by atoms with van der Waals surface area (Å²) in [5.74, 6) is -3.60. The number of carbonyl (C=O) groups excluding carboxylic acids is 3. The second kappa shape index (κ2) is 11.3. The number of nitrogens with two attached hydrogens (primary N) is 1. The molecule has 3 atom stereocenters. The standard InChI is InChI=1S/C19H25N5O6S/c20-12(5-10-6-21-13-4-2-1-3-11(10)13)17(28)24-15(9-31)19(30)23-14(8-25)18(29)22-7-16(26)27/h1-4,6,12,14-15,21,25,31H,5,7-9,20H2,(H,22,29)(H,23,30)(H,24,28)(H,26,27). The van der Waals surface area contributed by atoms with Crippen LogP contribution < -0.4 is 21.7 Å². The van der Waals surface area contributed by atoms with Crippen molar-refractivity contribution in [1.29, 1.82) is 0 Å². The molecule has 0 bridgehead atoms. The lowest BCUT2D eigenvalue weighted by atomic mass is 10.0. The van der Waals surface area contributed by atoms with E-state index in [1.54, 1.807) is 6.20 Å². The van der Waals surface area contributed by atoms with Crippen LogP contribution in [0.25, 0.3) is 10.9 Å². The largest absolute Gasteiger partial charge is 0.480 e. The molecule has 3 amide bonds. The van der Waals surface area contributed by atoms with Gasteiger partial charge in [-0.1, -0.05) is 18.2 Å². The van der Waals surface area contributed by atoms with Gasteiger partial charge >= 0.3 is 5.97 Å². The van der Waals surface area contributed by atoms with Crippen LogP contribution in [0.3, 0.4) is 0 Å². The van der Waals surface area contributed by atoms with Crippen molar-refractivity contribution in [2.24, 2.45) is 5.73 Å². The zero-order valence-electron chi connectivity index (χ0n) is 16.5. The first-order valence-corrected chi connectivity index (χ1v) is 10.0. The molecule has 0 radical (unpaired) electrons. The summed E-state index contributed by atoms with van der Waals surface area (Å²) >= 11 is 4.04. The molecule has 1 heterocycles. The zero-order chi connectivity index (χ0) is 23.0. The predicted octanol–water partition coefficient (Wildman–Crippen LogP) is -1.87. The molecule has 0 aliphatic heterocycles. The first-order valence-electron chi connectivity index (χ1n) is 9.39. The number of thiol groups is 1. The molecule has 12 heteroatoms. The van der Waals surface area contributed by atoms with Crippen molar-refractivity contribution in [3.05, 3.63) is 36.0 Å². The summed E-state index contributed by atoms with van der Waals surface area (Å²) < 4.78 is 0. The van der Waals surface area contributed by atoms with E-state index in [1.807, 2.05) is 24.3 Å². The van der Waals surface area contributed by atoms with Crippen LogP contribution in [0.1, 0.15) is 5.56 Å². The SMILES string of the molecule is NC(Cc1c[nH]c2ccccc12)C(=O)NC(CS)C(=O)NC(CO)C(=O)NCC(=O)O. The minimum Gasteiger partial charge on any atom is -0.480 e. The zero-order valence-corrected chi connectivity index (χ0v) is 17.4. The number of rotatable bonds is 11. The van der Waals surface area contributed by atoms with Crippen molar-refractivity contribution in [2.45, 2.75) is 24.5 Å². The maximum atomic E-state index is 12.5. The van der Waals surface area contributed by atoms with Crippen molar-refractivity contribution >= 4 is 47.2 Å². The number of fused-ring (bicyclic) bond motifs is 1. The lowest BCUT2D eigenvalue weighted by molar-refractivity contribution is -0.138. The number of carboxylic acids is 1. The number of H-pyrrole nitrogens is 1. The van der Waals surface area contributed by atoms with E-state index in [-0.39, 0.29) is 12.2 Å². The molecular weight excluding hydrogens is 426 g/mol. The van der Waals surface area contributed by atoms with Crippen LogP contribution in [-0.4, -0.2) is 75.9 Å². The molecule has 0 saturated carbocycles. The van der Waals surface area contributed by atoms with E-state index in [9.17, 15) is 24.3 Å². The molecule has 2 rings (SSSR count). The minimum absolute atomic E-state index is 0.0910. The molecular formula is C19H25N5O6S. The van der Waals surface area contributed by atoms with E-state index in [4.69, 9.17) is 10.8 Å². The van der Waals surface area contributed by atoms with Gasteiger partial charge in [-0.3, -0.25) is 19.2 Å². The Bertz CT molecular complexity index is 949. The van der Waals surface area contributed by atoms with Gasteiger partial charge in [-0.2, -0.15) is 12.6 Å². The minimum atomic E-state index is -1.38. The Kier molecular flexibility index (Phi) is 8.85. The fourth-order valence-corrected chi connectivity index (χ4v) is 3.11. The van der Waals surface area contributed by atoms with Gasteiger partial charge in [0.25, 0.3) is 0 Å². The van der Waals surface area contributed by atoms with Crippen molar-refractivity contribution in [1.82, 2.24) is 20.9 Å². The lowest BCUT2D eigenvalue weighted by Gasteiger charge is -2.22. The van der Waals surface area contributed by atoms with Crippen LogP contribution >= 0.6 is 12.6 Å². The molecule has 1 aromatic carbocycles. The summed E-state index contributed by atoms with van der Waals surface area (Å²) in [6.07, 6.45) is 2.00. The highest BCUT2D eigenvalue weighted by Crippen LogP contribution is 2.18. The second-order valence-electron chi connectivity index (χ2n) is 6.77. The highest BCUT2D eigenvalue weighted by atomic mass is 32.1. The third-order valence-electron chi connectivity index (χ3n) is 4.50. The average Bonchev–Trinajstić information content (AvgIpc) is 3.16. The molecule has 1 aromatic heterocycles. The number of aliphatic carboxylic acids is 1. The molecule has 2 aromatic rings. The molecule has 0 aliphatic rings. The van der Waals surface area contributed by atoms with Gasteiger partial charge in [-0.15, -0.1) is 0 Å². The predicted molar refractivity (Wildman–Crippen MR) is 115 cm³/mol. The van der Waals surface area contributed by atoms with Crippen molar-refractivity contribution in [2.75, 3.05) is 18.9 Å². The number of amides is 3. The highest BCUT2D eigenvalue weighted by molar-refractivity contribution is 7.80. The Balaban J connectivity index is 1.95. The number of aromatic nitrogens is 1. The molecule has 168 valence electrons. The Labute approximate surface area is 183 Å². The Morgan fingerprint density at radius 1 is 1.06 bits per heavy atom. The van der Waals surface area contributed by atoms with Gasteiger partial charge in [-0.05, 0) is 18.1 Å². The number of aromatic amines is 1. The normalized spacial score (nSPS) is 13.8. The number of nitrogens with one attached hydrogen (secondary N) is 4. The van der Waals surface area contributed by atoms with Gasteiger partial charge in [0, 0.05) is 22.9 Å². The highest BCUT2D eigenvalue weighted by Gasteiger charge is 2.27. The van der Waals surface area contributed by atoms with Gasteiger partial charge < -0.3 is 36.9 Å². The number of aliphatic hydroxyl groups excluding tert-OH is 1. The summed E-state index contributed by atoms with van der Waals surface area (Å²) in [6, 6.07) is 4.11. The fourth-order valence-electron chi connectivity index (χ4n) is 2.86. The number of carboxylic acid groups (broad SMARTS) is 1. The Morgan fingerprint density at radius 3 is 2.39 bits per heavy atom. The van der Waals surface area contributed by atoms with E-state index in [0.29, 0.717) is 0 Å². The molecule has 0 fully saturated rings. The van der Waals surface area contributed by atoms with E-state index in [2.05, 4.69) is 33.6 Å². The van der Waals surface area contributed by atoms with E-state index < -0.39 is 55.0 Å². The fraction of sp³-hybridized carbons (Fsp3) is 0.368. The third kappa shape index (κ3) is 6.70. The smallest absolute Gasteiger partial charge is 0.322 e. The van der Waals surface area contributed by atoms with Crippen molar-refractivity contribution < 1.29 is 29.4 Å². The molecule has 31 heavy (non-hydrogen) atoms. The molecule has 3 unspecified atom stereocenters. The van der Waals surface area contributed by atoms with Gasteiger partial charge in [0.05, 0.1) is 12.6 Å². The van der Waals surface area contributed by atoms with Crippen molar-refractivity contribution in [3.63, 3.8) is 0 Å². The summed E-state index contributed by atoms with van der Waals surface area (Å²) in [7, 11) is 0. The summed E-state index contributed by atoms with van der Waals surface area (Å²) in [4.78, 5) is 50.4. The molecule has 8 N–H and O–H groups in total. The number of benzene rings is 1. The maximum absolute atomic E-state index is 12.5. The molecule has 0 saturated heterocycles. The Morgan fingerprint density at radius 2 is 1.74 bits per heavy atom. The average molecular weight is 452 g/mol. The topological polar surface area (TPSA) is 187 Å². The molecule has 11 nitrogen and oxygen atoms in total. The van der Waals surface area contributed by atoms with Gasteiger partial charge in [0.1, 0.15) is 18.6 Å². The number of aliphatic hydroxyl groups is 1. The first-order chi connectivity index (χ1) is 14.8. The van der Waals surface area contributed by atoms with Crippen LogP contribution in [0, 0.1) is 0 Å². The van der Waals surface area contributed by atoms with E-state index >= 15 is 0 Å². The molecule has 0 aliphatic carbocycles. The summed E-state index contributed by atoms with van der Waals surface area (Å²) in [5, 5.41) is 25.6. The van der Waals surface area contributed by atoms with Gasteiger partial charge in [-0.25, -0.2) is 0 Å². The third-order valence-corrected chi connectivity index (χ3v) is 4.86. The van der Waals surface area contributed by atoms with E-state index in [0.717, 1.165) is 16.5 Å². The Hall–Kier alpha value is -3.09. The number of para-hydroxylation sites is 1. The second-order valence-corrected chi connectivity index (χ2v) is 7.13. The van der Waals surface area contributed by atoms with Crippen molar-refractivity contribution in [3.8, 4) is 0 Å². The van der Waals surface area contributed by atoms with Crippen LogP contribution in [-0.2, 0) is 25.6 Å². The summed E-state index contributed by atoms with van der Waals surface area (Å²) in [6.45, 7) is -1.43. The molecule has 0 spiro atoms. The quantitative estimate of drug-likeness (QED) is 0.184. The monoisotopic (exact) mass is 451 g/mol. The van der Waals surface area contributed by atoms with Crippen LogP contribution in [0.15, 0.2) is 30.5 Å². The summed E-state index contributed by atoms with van der Waals surface area (Å²) in [5.41, 5.74) is 7.76. The first kappa shape index (κ1) is 24.2. The van der Waals surface area contributed by atoms with Crippen LogP contribution in [0.5, 0.6) is 0 Å². The van der Waals surface area contributed by atoms with Gasteiger partial charge in [0.15, 0.2) is 0 Å². The van der Waals surface area contributed by atoms with Gasteiger partial charge in [0.2, 0.25) is 17.7 Å². The van der Waals surface area contributed by atoms with Crippen LogP contribution in [0.4, 0.5) is 0 Å². The van der Waals surface area contributed by atoms with E-state index in [1.165, 1.54) is 0 Å².